The summed E-state index contributed by atoms with van der Waals surface area (Å²) < 4.78 is 30.0. The van der Waals surface area contributed by atoms with E-state index in [-0.39, 0.29) is 34.6 Å². The summed E-state index contributed by atoms with van der Waals surface area (Å²) in [4.78, 5) is 28.4. The number of carboxylic acid groups (broad SMARTS) is 1. The highest BCUT2D eigenvalue weighted by Gasteiger charge is 2.69. The molecule has 9 nitrogen and oxygen atoms in total. The maximum Gasteiger partial charge on any atom is 0.335 e. The minimum absolute atomic E-state index is 0.0504. The van der Waals surface area contributed by atoms with Crippen LogP contribution in [0.1, 0.15) is 39.9 Å². The Morgan fingerprint density at radius 1 is 1.16 bits per heavy atom. The third-order valence-electron chi connectivity index (χ3n) is 9.39. The first-order valence-corrected chi connectivity index (χ1v) is 14.8. The predicted molar refractivity (Wildman–Crippen MR) is 157 cm³/mol. The summed E-state index contributed by atoms with van der Waals surface area (Å²) in [6, 6.07) is 13.8. The summed E-state index contributed by atoms with van der Waals surface area (Å²) in [6.07, 6.45) is 0.824. The molecule has 0 radical (unpaired) electrons. The largest absolute Gasteiger partial charge is 0.478 e. The molecule has 2 N–H and O–H groups in total. The maximum atomic E-state index is 16.2. The first-order valence-electron chi connectivity index (χ1n) is 14.1. The fraction of sp³-hybridized carbons (Fsp3) is 0.323. The van der Waals surface area contributed by atoms with Crippen molar-refractivity contribution < 1.29 is 28.6 Å². The highest BCUT2D eigenvalue weighted by atomic mass is 35.5. The topological polar surface area (TPSA) is 106 Å². The van der Waals surface area contributed by atoms with Crippen LogP contribution < -0.4 is 10.1 Å². The van der Waals surface area contributed by atoms with Gasteiger partial charge in [0.25, 0.3) is 0 Å². The van der Waals surface area contributed by atoms with Crippen molar-refractivity contribution in [2.45, 2.75) is 30.0 Å². The number of aromatic nitrogens is 2. The molecular weight excluding hydrogens is 598 g/mol. The average molecular weight is 623 g/mol. The van der Waals surface area contributed by atoms with E-state index in [4.69, 9.17) is 37.8 Å². The summed E-state index contributed by atoms with van der Waals surface area (Å²) >= 11 is 12.8. The zero-order valence-corrected chi connectivity index (χ0v) is 24.1. The van der Waals surface area contributed by atoms with Crippen LogP contribution in [0.15, 0.2) is 54.6 Å². The van der Waals surface area contributed by atoms with Gasteiger partial charge in [-0.25, -0.2) is 13.9 Å². The van der Waals surface area contributed by atoms with Crippen molar-refractivity contribution in [2.24, 2.45) is 5.92 Å². The number of halogens is 3. The van der Waals surface area contributed by atoms with E-state index in [1.54, 1.807) is 35.0 Å². The van der Waals surface area contributed by atoms with Crippen LogP contribution in [-0.2, 0) is 15.1 Å². The van der Waals surface area contributed by atoms with Crippen molar-refractivity contribution in [3.63, 3.8) is 0 Å². The second-order valence-electron chi connectivity index (χ2n) is 11.6. The Kier molecular flexibility index (Phi) is 6.04. The number of ether oxygens (including phenoxy) is 2. The van der Waals surface area contributed by atoms with E-state index in [1.807, 2.05) is 6.07 Å². The van der Waals surface area contributed by atoms with Crippen molar-refractivity contribution >= 4 is 51.7 Å². The van der Waals surface area contributed by atoms with Gasteiger partial charge in [-0.3, -0.25) is 9.69 Å². The summed E-state index contributed by atoms with van der Waals surface area (Å²) in [5.74, 6) is -2.19. The van der Waals surface area contributed by atoms with Gasteiger partial charge in [-0.05, 0) is 54.3 Å². The molecule has 5 atom stereocenters. The van der Waals surface area contributed by atoms with Crippen molar-refractivity contribution in [1.82, 2.24) is 14.7 Å². The fourth-order valence-corrected chi connectivity index (χ4v) is 8.00. The minimum Gasteiger partial charge on any atom is -0.478 e. The van der Waals surface area contributed by atoms with Gasteiger partial charge in [0.1, 0.15) is 18.0 Å². The number of carbonyl (C=O) groups excluding carboxylic acids is 1. The summed E-state index contributed by atoms with van der Waals surface area (Å²) in [6.45, 7) is 1.88. The second kappa shape index (κ2) is 9.65. The first kappa shape index (κ1) is 26.9. The molecule has 1 spiro atoms. The molecule has 8 rings (SSSR count). The molecule has 0 saturated carbocycles. The molecule has 4 aliphatic heterocycles. The van der Waals surface area contributed by atoms with Gasteiger partial charge in [-0.15, -0.1) is 0 Å². The number of hydrogen-bond donors (Lipinski definition) is 2. The maximum absolute atomic E-state index is 16.2. The molecule has 3 aromatic carbocycles. The molecule has 2 saturated heterocycles. The molecule has 4 aromatic rings. The Morgan fingerprint density at radius 2 is 2.02 bits per heavy atom. The number of carboxylic acids is 1. The van der Waals surface area contributed by atoms with E-state index in [9.17, 15) is 14.7 Å². The first-order chi connectivity index (χ1) is 20.8. The monoisotopic (exact) mass is 622 g/mol. The smallest absolute Gasteiger partial charge is 0.335 e. The molecule has 4 aliphatic rings. The van der Waals surface area contributed by atoms with Crippen LogP contribution in [0.4, 0.5) is 10.1 Å². The van der Waals surface area contributed by atoms with Crippen LogP contribution in [0.25, 0.3) is 10.9 Å². The van der Waals surface area contributed by atoms with E-state index >= 15 is 4.39 Å². The lowest BCUT2D eigenvalue weighted by Gasteiger charge is -2.40. The van der Waals surface area contributed by atoms with Gasteiger partial charge in [0.2, 0.25) is 11.8 Å². The Labute approximate surface area is 255 Å². The molecule has 1 amide bonds. The molecule has 1 unspecified atom stereocenters. The number of hydrogen-bond acceptors (Lipinski definition) is 6. The van der Waals surface area contributed by atoms with E-state index in [0.29, 0.717) is 52.8 Å². The van der Waals surface area contributed by atoms with Crippen LogP contribution in [0.3, 0.4) is 0 Å². The number of benzene rings is 3. The fourth-order valence-electron chi connectivity index (χ4n) is 7.65. The number of aromatic carboxylic acids is 1. The van der Waals surface area contributed by atoms with Crippen molar-refractivity contribution in [3.05, 3.63) is 87.2 Å². The lowest BCUT2D eigenvalue weighted by molar-refractivity contribution is -0.128. The molecule has 12 heteroatoms. The molecule has 5 heterocycles. The van der Waals surface area contributed by atoms with Crippen LogP contribution in [0.2, 0.25) is 10.0 Å². The van der Waals surface area contributed by atoms with E-state index in [0.717, 1.165) is 6.42 Å². The van der Waals surface area contributed by atoms with Gasteiger partial charge in [0.05, 0.1) is 40.2 Å². The van der Waals surface area contributed by atoms with E-state index in [2.05, 4.69) is 10.2 Å². The van der Waals surface area contributed by atoms with Gasteiger partial charge in [0, 0.05) is 35.3 Å². The summed E-state index contributed by atoms with van der Waals surface area (Å²) in [5.41, 5.74) is 0.687. The predicted octanol–water partition coefficient (Wildman–Crippen LogP) is 5.47. The van der Waals surface area contributed by atoms with Gasteiger partial charge >= 0.3 is 5.97 Å². The van der Waals surface area contributed by atoms with Crippen LogP contribution >= 0.6 is 23.2 Å². The quantitative estimate of drug-likeness (QED) is 0.311. The molecule has 0 aliphatic carbocycles. The van der Waals surface area contributed by atoms with Crippen molar-refractivity contribution in [2.75, 3.05) is 31.7 Å². The van der Waals surface area contributed by atoms with E-state index < -0.39 is 35.3 Å². The van der Waals surface area contributed by atoms with Crippen molar-refractivity contribution in [1.29, 1.82) is 0 Å². The third kappa shape index (κ3) is 3.73. The van der Waals surface area contributed by atoms with Crippen molar-refractivity contribution in [3.8, 4) is 5.88 Å². The summed E-state index contributed by atoms with van der Waals surface area (Å²) in [7, 11) is 0. The average Bonchev–Trinajstić information content (AvgIpc) is 3.75. The Morgan fingerprint density at radius 3 is 2.81 bits per heavy atom. The van der Waals surface area contributed by atoms with Crippen LogP contribution in [0, 0.1) is 11.7 Å². The normalized spacial score (nSPS) is 27.7. The molecule has 43 heavy (non-hydrogen) atoms. The van der Waals surface area contributed by atoms with Gasteiger partial charge in [-0.2, -0.15) is 5.10 Å². The zero-order valence-electron chi connectivity index (χ0n) is 22.6. The zero-order chi connectivity index (χ0) is 29.6. The Hall–Kier alpha value is -3.70. The molecular formula is C31H25Cl2FN4O5. The number of likely N-dealkylation sites (tertiary alicyclic amines) is 1. The lowest BCUT2D eigenvalue weighted by atomic mass is 9.73. The second-order valence-corrected chi connectivity index (χ2v) is 12.4. The molecule has 220 valence electrons. The number of fused-ring (bicyclic) bond motifs is 7. The number of amides is 1. The van der Waals surface area contributed by atoms with Gasteiger partial charge in [0.15, 0.2) is 0 Å². The SMILES string of the molecule is O=C(O)c1ccc2c3n(nc2c1)[C@@H]1[C@H](CO3)N(CC2CCOC2)[C@@]2(C(=O)Nc3cc(Cl)ccc32)[C@H]1c1cccc(Cl)c1F. The number of carbonyl (C=O) groups is 2. The van der Waals surface area contributed by atoms with E-state index in [1.165, 1.54) is 18.2 Å². The van der Waals surface area contributed by atoms with Gasteiger partial charge in [-0.1, -0.05) is 41.4 Å². The molecule has 2 fully saturated rings. The number of rotatable bonds is 4. The number of nitrogens with one attached hydrogen (secondary N) is 1. The Balaban J connectivity index is 1.42. The lowest BCUT2D eigenvalue weighted by Crippen LogP contribution is -2.54. The number of anilines is 1. The summed E-state index contributed by atoms with van der Waals surface area (Å²) in [5, 5.41) is 18.6. The highest BCUT2D eigenvalue weighted by Crippen LogP contribution is 2.63. The van der Waals surface area contributed by atoms with Gasteiger partial charge < -0.3 is 19.9 Å². The minimum atomic E-state index is -1.36. The van der Waals surface area contributed by atoms with Crippen LogP contribution in [0.5, 0.6) is 5.88 Å². The third-order valence-corrected chi connectivity index (χ3v) is 9.92. The number of nitrogens with zero attached hydrogens (tertiary/aromatic N) is 3. The molecule has 1 aromatic heterocycles. The van der Waals surface area contributed by atoms with Crippen LogP contribution in [-0.4, -0.2) is 64.1 Å². The highest BCUT2D eigenvalue weighted by molar-refractivity contribution is 6.31. The Bertz CT molecular complexity index is 1840. The standard InChI is InChI=1S/C31H25Cl2FN4O5/c32-17-5-7-20-23(11-17)35-30(41)31(20)25(19-2-1-3-21(33)26(19)34)27-24(37(31)12-15-8-9-42-13-15)14-43-28-18-6-4-16(29(39)40)10-22(18)36-38(27)28/h1-7,10-11,15,24-25,27H,8-9,12-14H2,(H,35,41)(H,39,40)/t15?,24-,25-,27+,31+/m0/s1. The molecule has 0 bridgehead atoms.